The maximum Gasteiger partial charge on any atom is 0.137 e. The molecule has 0 saturated carbocycles. The van der Waals surface area contributed by atoms with Crippen molar-refractivity contribution >= 4 is 17.2 Å². The maximum absolute atomic E-state index is 5.93. The summed E-state index contributed by atoms with van der Waals surface area (Å²) in [5, 5.41) is 4.04. The second-order valence-corrected chi connectivity index (χ2v) is 4.92. The van der Waals surface area contributed by atoms with Crippen LogP contribution in [0.2, 0.25) is 5.02 Å². The van der Waals surface area contributed by atoms with E-state index >= 15 is 0 Å². The first-order chi connectivity index (χ1) is 9.29. The Hall–Kier alpha value is -1.10. The summed E-state index contributed by atoms with van der Waals surface area (Å²) >= 11 is 5.93. The largest absolute Gasteiger partial charge is 0.380 e. The van der Waals surface area contributed by atoms with Crippen LogP contribution in [0.25, 0.3) is 5.65 Å². The van der Waals surface area contributed by atoms with Crippen LogP contribution in [-0.4, -0.2) is 29.1 Å². The molecule has 104 valence electrons. The van der Waals surface area contributed by atoms with Gasteiger partial charge >= 0.3 is 0 Å². The van der Waals surface area contributed by atoms with Crippen LogP contribution >= 0.6 is 11.6 Å². The molecule has 0 bridgehead atoms. The predicted octanol–water partition coefficient (Wildman–Crippen LogP) is 2.89. The van der Waals surface area contributed by atoms with E-state index in [0.29, 0.717) is 5.02 Å². The second-order valence-electron chi connectivity index (χ2n) is 4.49. The van der Waals surface area contributed by atoms with E-state index in [-0.39, 0.29) is 0 Å². The van der Waals surface area contributed by atoms with Gasteiger partial charge in [-0.3, -0.25) is 0 Å². The number of hydrogen-bond donors (Lipinski definition) is 1. The normalized spacial score (nSPS) is 11.3. The minimum Gasteiger partial charge on any atom is -0.380 e. The summed E-state index contributed by atoms with van der Waals surface area (Å²) in [5.41, 5.74) is 1.93. The summed E-state index contributed by atoms with van der Waals surface area (Å²) in [6.07, 6.45) is 6.16. The third-order valence-electron chi connectivity index (χ3n) is 2.84. The van der Waals surface area contributed by atoms with Crippen LogP contribution in [0.15, 0.2) is 24.5 Å². The molecule has 2 rings (SSSR count). The van der Waals surface area contributed by atoms with Crippen LogP contribution in [0.1, 0.15) is 25.5 Å². The van der Waals surface area contributed by atoms with Gasteiger partial charge in [0.1, 0.15) is 5.65 Å². The number of ether oxygens (including phenoxy) is 1. The van der Waals surface area contributed by atoms with Crippen molar-refractivity contribution in [3.8, 4) is 0 Å². The number of unbranched alkanes of at least 4 members (excludes halogenated alkanes) is 1. The highest BCUT2D eigenvalue weighted by Crippen LogP contribution is 2.11. The molecular formula is C14H20ClN3O. The summed E-state index contributed by atoms with van der Waals surface area (Å²) in [6.45, 7) is 5.36. The van der Waals surface area contributed by atoms with Crippen LogP contribution in [0, 0.1) is 0 Å². The molecule has 1 N–H and O–H groups in total. The van der Waals surface area contributed by atoms with Crippen molar-refractivity contribution in [3.63, 3.8) is 0 Å². The van der Waals surface area contributed by atoms with Crippen molar-refractivity contribution in [1.29, 1.82) is 0 Å². The zero-order valence-corrected chi connectivity index (χ0v) is 12.0. The molecular weight excluding hydrogens is 262 g/mol. The van der Waals surface area contributed by atoms with Crippen LogP contribution in [0.5, 0.6) is 0 Å². The van der Waals surface area contributed by atoms with Crippen molar-refractivity contribution in [2.45, 2.75) is 26.3 Å². The van der Waals surface area contributed by atoms with E-state index < -0.39 is 0 Å². The Bertz CT molecular complexity index is 512. The quantitative estimate of drug-likeness (QED) is 0.756. The van der Waals surface area contributed by atoms with Gasteiger partial charge in [-0.25, -0.2) is 4.98 Å². The Morgan fingerprint density at radius 1 is 1.32 bits per heavy atom. The smallest absolute Gasteiger partial charge is 0.137 e. The number of nitrogens with one attached hydrogen (secondary N) is 1. The highest BCUT2D eigenvalue weighted by atomic mass is 35.5. The minimum absolute atomic E-state index is 0.716. The van der Waals surface area contributed by atoms with E-state index in [4.69, 9.17) is 16.3 Å². The van der Waals surface area contributed by atoms with Crippen LogP contribution in [0.3, 0.4) is 0 Å². The standard InChI is InChI=1S/C14H20ClN3O/c1-2-3-7-19-8-6-16-9-13-11-18-10-12(15)4-5-14(18)17-13/h4-5,10-11,16H,2-3,6-9H2,1H3. The van der Waals surface area contributed by atoms with Gasteiger partial charge in [-0.05, 0) is 18.6 Å². The molecule has 4 nitrogen and oxygen atoms in total. The van der Waals surface area contributed by atoms with Crippen molar-refractivity contribution in [2.75, 3.05) is 19.8 Å². The number of nitrogens with zero attached hydrogens (tertiary/aromatic N) is 2. The van der Waals surface area contributed by atoms with Gasteiger partial charge in [-0.2, -0.15) is 0 Å². The molecule has 2 heterocycles. The number of imidazole rings is 1. The molecule has 0 spiro atoms. The first kappa shape index (κ1) is 14.3. The molecule has 0 aliphatic heterocycles. The molecule has 2 aromatic rings. The molecule has 19 heavy (non-hydrogen) atoms. The van der Waals surface area contributed by atoms with Crippen LogP contribution in [0.4, 0.5) is 0 Å². The van der Waals surface area contributed by atoms with E-state index in [2.05, 4.69) is 17.2 Å². The molecule has 5 heteroatoms. The number of rotatable bonds is 8. The lowest BCUT2D eigenvalue weighted by Crippen LogP contribution is -2.19. The zero-order valence-electron chi connectivity index (χ0n) is 11.2. The Kier molecular flexibility index (Phi) is 5.63. The lowest BCUT2D eigenvalue weighted by molar-refractivity contribution is 0.133. The molecule has 0 unspecified atom stereocenters. The number of pyridine rings is 1. The Labute approximate surface area is 118 Å². The molecule has 0 aliphatic carbocycles. The monoisotopic (exact) mass is 281 g/mol. The van der Waals surface area contributed by atoms with Crippen molar-refractivity contribution in [3.05, 3.63) is 35.2 Å². The molecule has 0 amide bonds. The summed E-state index contributed by atoms with van der Waals surface area (Å²) in [7, 11) is 0. The van der Waals surface area contributed by atoms with Gasteiger partial charge in [0.2, 0.25) is 0 Å². The predicted molar refractivity (Wildman–Crippen MR) is 77.6 cm³/mol. The number of halogens is 1. The fourth-order valence-electron chi connectivity index (χ4n) is 1.81. The lowest BCUT2D eigenvalue weighted by atomic mass is 10.4. The molecule has 0 saturated heterocycles. The fraction of sp³-hybridized carbons (Fsp3) is 0.500. The van der Waals surface area contributed by atoms with E-state index in [0.717, 1.165) is 44.1 Å². The first-order valence-electron chi connectivity index (χ1n) is 6.71. The van der Waals surface area contributed by atoms with E-state index in [1.807, 2.05) is 28.9 Å². The van der Waals surface area contributed by atoms with Gasteiger partial charge in [0, 0.05) is 32.1 Å². The fourth-order valence-corrected chi connectivity index (χ4v) is 1.98. The van der Waals surface area contributed by atoms with Gasteiger partial charge in [-0.15, -0.1) is 0 Å². The highest BCUT2D eigenvalue weighted by molar-refractivity contribution is 6.30. The van der Waals surface area contributed by atoms with Gasteiger partial charge in [0.25, 0.3) is 0 Å². The van der Waals surface area contributed by atoms with E-state index in [9.17, 15) is 0 Å². The number of hydrogen-bond acceptors (Lipinski definition) is 3. The Morgan fingerprint density at radius 2 is 2.21 bits per heavy atom. The Morgan fingerprint density at radius 3 is 3.05 bits per heavy atom. The topological polar surface area (TPSA) is 38.6 Å². The van der Waals surface area contributed by atoms with E-state index in [1.54, 1.807) is 0 Å². The average Bonchev–Trinajstić information content (AvgIpc) is 2.79. The van der Waals surface area contributed by atoms with Crippen LogP contribution in [-0.2, 0) is 11.3 Å². The molecule has 0 radical (unpaired) electrons. The summed E-state index contributed by atoms with van der Waals surface area (Å²) in [5.74, 6) is 0. The molecule has 0 aliphatic rings. The lowest BCUT2D eigenvalue weighted by Gasteiger charge is -2.03. The van der Waals surface area contributed by atoms with Gasteiger partial charge in [-0.1, -0.05) is 24.9 Å². The average molecular weight is 282 g/mol. The van der Waals surface area contributed by atoms with Crippen LogP contribution < -0.4 is 5.32 Å². The first-order valence-corrected chi connectivity index (χ1v) is 7.09. The maximum atomic E-state index is 5.93. The van der Waals surface area contributed by atoms with Crippen molar-refractivity contribution < 1.29 is 4.74 Å². The van der Waals surface area contributed by atoms with Gasteiger partial charge < -0.3 is 14.5 Å². The van der Waals surface area contributed by atoms with Gasteiger partial charge in [0.15, 0.2) is 0 Å². The SMILES string of the molecule is CCCCOCCNCc1cn2cc(Cl)ccc2n1. The molecule has 0 atom stereocenters. The number of fused-ring (bicyclic) bond motifs is 1. The molecule has 2 aromatic heterocycles. The van der Waals surface area contributed by atoms with Crippen molar-refractivity contribution in [1.82, 2.24) is 14.7 Å². The van der Waals surface area contributed by atoms with Crippen molar-refractivity contribution in [2.24, 2.45) is 0 Å². The zero-order chi connectivity index (χ0) is 13.5. The second kappa shape index (κ2) is 7.48. The Balaban J connectivity index is 1.72. The van der Waals surface area contributed by atoms with Gasteiger partial charge in [0.05, 0.1) is 17.3 Å². The highest BCUT2D eigenvalue weighted by Gasteiger charge is 2.01. The number of aromatic nitrogens is 2. The summed E-state index contributed by atoms with van der Waals surface area (Å²) in [4.78, 5) is 4.50. The third-order valence-corrected chi connectivity index (χ3v) is 3.06. The minimum atomic E-state index is 0.716. The summed E-state index contributed by atoms with van der Waals surface area (Å²) < 4.78 is 7.42. The third kappa shape index (κ3) is 4.49. The molecule has 0 fully saturated rings. The molecule has 0 aromatic carbocycles. The van der Waals surface area contributed by atoms with E-state index in [1.165, 1.54) is 6.42 Å². The summed E-state index contributed by atoms with van der Waals surface area (Å²) in [6, 6.07) is 3.77.